The average molecular weight is 320 g/mol. The monoisotopic (exact) mass is 319 g/mol. The Hall–Kier alpha value is -2.18. The van der Waals surface area contributed by atoms with E-state index in [0.717, 1.165) is 22.5 Å². The largest absolute Gasteiger partial charge is 0.465 e. The molecule has 0 aliphatic carbocycles. The molecular formula is C14H10ClN3O2S. The number of carbonyl (C=O) groups excluding carboxylic acids is 1. The van der Waals surface area contributed by atoms with Crippen LogP contribution in [0.5, 0.6) is 0 Å². The van der Waals surface area contributed by atoms with Gasteiger partial charge in [-0.25, -0.2) is 14.5 Å². The fraction of sp³-hybridized carbons (Fsp3) is 0.0714. The summed E-state index contributed by atoms with van der Waals surface area (Å²) < 4.78 is 6.25. The van der Waals surface area contributed by atoms with Crippen molar-refractivity contribution in [3.8, 4) is 16.3 Å². The molecule has 2 aromatic heterocycles. The smallest absolute Gasteiger partial charge is 0.351 e. The predicted molar refractivity (Wildman–Crippen MR) is 81.0 cm³/mol. The van der Waals surface area contributed by atoms with Crippen LogP contribution in [0.2, 0.25) is 5.15 Å². The van der Waals surface area contributed by atoms with E-state index >= 15 is 0 Å². The third-order valence-corrected chi connectivity index (χ3v) is 4.24. The molecule has 7 heteroatoms. The predicted octanol–water partition coefficient (Wildman–Crippen LogP) is 3.44. The molecule has 0 bridgehead atoms. The van der Waals surface area contributed by atoms with E-state index in [2.05, 4.69) is 14.8 Å². The van der Waals surface area contributed by atoms with E-state index in [0.29, 0.717) is 5.13 Å². The van der Waals surface area contributed by atoms with Crippen molar-refractivity contribution in [2.24, 2.45) is 0 Å². The molecule has 0 saturated carbocycles. The summed E-state index contributed by atoms with van der Waals surface area (Å²) in [6, 6.07) is 9.87. The number of aromatic nitrogens is 3. The van der Waals surface area contributed by atoms with Crippen LogP contribution in [0.4, 0.5) is 0 Å². The quantitative estimate of drug-likeness (QED) is 0.694. The van der Waals surface area contributed by atoms with Crippen LogP contribution >= 0.6 is 22.9 Å². The lowest BCUT2D eigenvalue weighted by Gasteiger charge is -1.95. The minimum Gasteiger partial charge on any atom is -0.465 e. The number of halogens is 1. The summed E-state index contributed by atoms with van der Waals surface area (Å²) in [7, 11) is 1.31. The van der Waals surface area contributed by atoms with Crippen molar-refractivity contribution in [3.05, 3.63) is 52.8 Å². The van der Waals surface area contributed by atoms with Gasteiger partial charge < -0.3 is 4.74 Å². The van der Waals surface area contributed by atoms with Crippen molar-refractivity contribution in [1.29, 1.82) is 0 Å². The summed E-state index contributed by atoms with van der Waals surface area (Å²) >= 11 is 7.09. The third kappa shape index (κ3) is 2.68. The van der Waals surface area contributed by atoms with Crippen LogP contribution in [0, 0.1) is 0 Å². The Morgan fingerprint density at radius 2 is 2.05 bits per heavy atom. The summed E-state index contributed by atoms with van der Waals surface area (Å²) in [6.45, 7) is 0. The minimum atomic E-state index is -0.501. The molecule has 0 aliphatic rings. The summed E-state index contributed by atoms with van der Waals surface area (Å²) in [4.78, 5) is 15.9. The number of nitrogens with zero attached hydrogens (tertiary/aromatic N) is 3. The first-order valence-electron chi connectivity index (χ1n) is 6.04. The van der Waals surface area contributed by atoms with Crippen LogP contribution in [0.3, 0.4) is 0 Å². The summed E-state index contributed by atoms with van der Waals surface area (Å²) in [5.41, 5.74) is 2.01. The highest BCUT2D eigenvalue weighted by atomic mass is 35.5. The van der Waals surface area contributed by atoms with Crippen LogP contribution in [0.1, 0.15) is 9.67 Å². The van der Waals surface area contributed by atoms with Gasteiger partial charge in [0.15, 0.2) is 10.0 Å². The molecule has 5 nitrogen and oxygen atoms in total. The summed E-state index contributed by atoms with van der Waals surface area (Å²) in [5, 5.41) is 4.90. The lowest BCUT2D eigenvalue weighted by molar-refractivity contribution is 0.0606. The van der Waals surface area contributed by atoms with Gasteiger partial charge in [-0.2, -0.15) is 5.10 Å². The first-order chi connectivity index (χ1) is 10.2. The van der Waals surface area contributed by atoms with Gasteiger partial charge in [0.1, 0.15) is 0 Å². The third-order valence-electron chi connectivity index (χ3n) is 2.83. The summed E-state index contributed by atoms with van der Waals surface area (Å²) in [5.74, 6) is -0.501. The van der Waals surface area contributed by atoms with Gasteiger partial charge in [-0.05, 0) is 5.56 Å². The lowest BCUT2D eigenvalue weighted by Crippen LogP contribution is -1.98. The number of rotatable bonds is 3. The molecule has 0 fully saturated rings. The molecule has 0 aliphatic heterocycles. The molecule has 0 radical (unpaired) electrons. The Kier molecular flexibility index (Phi) is 3.72. The number of carbonyl (C=O) groups is 1. The van der Waals surface area contributed by atoms with Crippen molar-refractivity contribution in [2.75, 3.05) is 7.11 Å². The van der Waals surface area contributed by atoms with Gasteiger partial charge in [0.2, 0.25) is 5.13 Å². The van der Waals surface area contributed by atoms with Crippen molar-refractivity contribution in [1.82, 2.24) is 14.8 Å². The lowest BCUT2D eigenvalue weighted by atomic mass is 10.1. The average Bonchev–Trinajstić information content (AvgIpc) is 3.14. The molecule has 3 aromatic rings. The van der Waals surface area contributed by atoms with Gasteiger partial charge >= 0.3 is 5.97 Å². The fourth-order valence-electron chi connectivity index (χ4n) is 1.81. The van der Waals surface area contributed by atoms with E-state index in [4.69, 9.17) is 11.6 Å². The van der Waals surface area contributed by atoms with Gasteiger partial charge in [0, 0.05) is 11.8 Å². The van der Waals surface area contributed by atoms with Gasteiger partial charge in [-0.3, -0.25) is 0 Å². The van der Waals surface area contributed by atoms with E-state index in [1.807, 2.05) is 36.5 Å². The Labute approximate surface area is 129 Å². The van der Waals surface area contributed by atoms with E-state index in [1.54, 1.807) is 10.9 Å². The molecule has 1 aromatic carbocycles. The first kappa shape index (κ1) is 13.8. The highest BCUT2D eigenvalue weighted by molar-refractivity contribution is 7.16. The molecule has 3 rings (SSSR count). The van der Waals surface area contributed by atoms with Gasteiger partial charge in [0.05, 0.1) is 13.3 Å². The number of ether oxygens (including phenoxy) is 1. The normalized spacial score (nSPS) is 10.6. The van der Waals surface area contributed by atoms with E-state index in [-0.39, 0.29) is 10.0 Å². The molecule has 0 saturated heterocycles. The number of benzene rings is 1. The molecule has 0 amide bonds. The highest BCUT2D eigenvalue weighted by Gasteiger charge is 2.18. The molecule has 2 heterocycles. The van der Waals surface area contributed by atoms with Crippen LogP contribution in [-0.2, 0) is 4.74 Å². The second-order valence-corrected chi connectivity index (χ2v) is 5.48. The first-order valence-corrected chi connectivity index (χ1v) is 7.23. The van der Waals surface area contributed by atoms with Crippen molar-refractivity contribution in [2.45, 2.75) is 0 Å². The molecule has 21 heavy (non-hydrogen) atoms. The number of hydrogen-bond donors (Lipinski definition) is 0. The second kappa shape index (κ2) is 5.67. The standard InChI is InChI=1S/C14H10ClN3O2S/c1-20-13(19)11-12(15)17-14(21-11)18-8-10(7-16-18)9-5-3-2-4-6-9/h2-8H,1H3. The molecule has 0 unspecified atom stereocenters. The zero-order valence-electron chi connectivity index (χ0n) is 11.0. The van der Waals surface area contributed by atoms with Crippen LogP contribution in [0.25, 0.3) is 16.3 Å². The Morgan fingerprint density at radius 3 is 2.76 bits per heavy atom. The summed E-state index contributed by atoms with van der Waals surface area (Å²) in [6.07, 6.45) is 3.58. The number of thiazole rings is 1. The van der Waals surface area contributed by atoms with Gasteiger partial charge in [-0.1, -0.05) is 53.3 Å². The molecule has 0 atom stereocenters. The zero-order valence-corrected chi connectivity index (χ0v) is 12.6. The van der Waals surface area contributed by atoms with E-state index in [1.165, 1.54) is 7.11 Å². The van der Waals surface area contributed by atoms with Crippen molar-refractivity contribution < 1.29 is 9.53 Å². The minimum absolute atomic E-state index is 0.124. The fourth-order valence-corrected chi connectivity index (χ4v) is 2.95. The Morgan fingerprint density at radius 1 is 1.29 bits per heavy atom. The van der Waals surface area contributed by atoms with Crippen LogP contribution in [0.15, 0.2) is 42.7 Å². The highest BCUT2D eigenvalue weighted by Crippen LogP contribution is 2.27. The number of methoxy groups -OCH3 is 1. The molecule has 106 valence electrons. The van der Waals surface area contributed by atoms with E-state index < -0.39 is 5.97 Å². The number of esters is 1. The van der Waals surface area contributed by atoms with Gasteiger partial charge in [0.25, 0.3) is 0 Å². The SMILES string of the molecule is COC(=O)c1sc(-n2cc(-c3ccccc3)cn2)nc1Cl. The van der Waals surface area contributed by atoms with Gasteiger partial charge in [-0.15, -0.1) is 0 Å². The Balaban J connectivity index is 1.96. The van der Waals surface area contributed by atoms with Crippen LogP contribution in [-0.4, -0.2) is 27.8 Å². The molecule has 0 N–H and O–H groups in total. The zero-order chi connectivity index (χ0) is 14.8. The second-order valence-electron chi connectivity index (χ2n) is 4.15. The molecule has 0 spiro atoms. The topological polar surface area (TPSA) is 57.0 Å². The van der Waals surface area contributed by atoms with E-state index in [9.17, 15) is 4.79 Å². The number of hydrogen-bond acceptors (Lipinski definition) is 5. The van der Waals surface area contributed by atoms with Crippen molar-refractivity contribution >= 4 is 28.9 Å². The Bertz CT molecular complexity index is 783. The maximum absolute atomic E-state index is 11.5. The van der Waals surface area contributed by atoms with Crippen molar-refractivity contribution in [3.63, 3.8) is 0 Å². The van der Waals surface area contributed by atoms with Crippen LogP contribution < -0.4 is 0 Å². The maximum atomic E-state index is 11.5. The maximum Gasteiger partial charge on any atom is 0.351 e. The molecular weight excluding hydrogens is 310 g/mol.